The Morgan fingerprint density at radius 1 is 1.70 bits per heavy atom. The first-order valence-corrected chi connectivity index (χ1v) is 3.04. The molecule has 1 aromatic heterocycles. The summed E-state index contributed by atoms with van der Waals surface area (Å²) in [6.07, 6.45) is 1.75. The molecule has 10 heavy (non-hydrogen) atoms. The maximum absolute atomic E-state index is 11.0. The van der Waals surface area contributed by atoms with Crippen molar-refractivity contribution in [3.8, 4) is 0 Å². The average molecular weight is 136 g/mol. The van der Waals surface area contributed by atoms with E-state index in [0.29, 0.717) is 5.69 Å². The summed E-state index contributed by atoms with van der Waals surface area (Å²) in [5.41, 5.74) is 6.56. The molecule has 3 nitrogen and oxygen atoms in total. The van der Waals surface area contributed by atoms with Crippen LogP contribution in [0, 0.1) is 0 Å². The normalized spacial score (nSPS) is 9.70. The van der Waals surface area contributed by atoms with E-state index in [9.17, 15) is 4.79 Å². The van der Waals surface area contributed by atoms with Crippen molar-refractivity contribution >= 4 is 19.0 Å². The van der Waals surface area contributed by atoms with Gasteiger partial charge in [0.2, 0.25) is 0 Å². The summed E-state index contributed by atoms with van der Waals surface area (Å²) in [6, 6.07) is 1.67. The highest BCUT2D eigenvalue weighted by atomic mass is 16.1. The van der Waals surface area contributed by atoms with Crippen molar-refractivity contribution in [3.05, 3.63) is 22.6 Å². The molecular weight excluding hydrogens is 127 g/mol. The fourth-order valence-corrected chi connectivity index (χ4v) is 0.912. The van der Waals surface area contributed by atoms with Crippen molar-refractivity contribution in [1.82, 2.24) is 4.57 Å². The van der Waals surface area contributed by atoms with Gasteiger partial charge in [0.05, 0.1) is 5.69 Å². The molecule has 0 saturated carbocycles. The van der Waals surface area contributed by atoms with Crippen LogP contribution in [0.1, 0.15) is 0 Å². The topological polar surface area (TPSA) is 48.0 Å². The molecule has 2 N–H and O–H groups in total. The van der Waals surface area contributed by atoms with Crippen LogP contribution in [0.2, 0.25) is 0 Å². The minimum absolute atomic E-state index is 0.134. The first-order valence-electron chi connectivity index (χ1n) is 3.04. The molecule has 0 saturated heterocycles. The molecule has 0 bridgehead atoms. The summed E-state index contributed by atoms with van der Waals surface area (Å²) < 4.78 is 1.48. The number of nitrogen functional groups attached to an aromatic ring is 1. The molecule has 4 heteroatoms. The van der Waals surface area contributed by atoms with Crippen LogP contribution in [0.25, 0.3) is 0 Å². The van der Waals surface area contributed by atoms with Crippen molar-refractivity contribution in [1.29, 1.82) is 0 Å². The summed E-state index contributed by atoms with van der Waals surface area (Å²) in [7, 11) is 3.58. The van der Waals surface area contributed by atoms with E-state index >= 15 is 0 Å². The van der Waals surface area contributed by atoms with Gasteiger partial charge in [-0.05, 0) is 6.07 Å². The number of hydrogen-bond acceptors (Lipinski definition) is 2. The van der Waals surface area contributed by atoms with E-state index in [1.54, 1.807) is 19.3 Å². The highest BCUT2D eigenvalue weighted by molar-refractivity contribution is 6.32. The standard InChI is InChI=1S/C6H9BN2O/c1-9-3-4(7)2-5(8)6(9)10/h2-3H,7-8H2,1H3. The zero-order valence-corrected chi connectivity index (χ0v) is 6.09. The molecule has 0 aliphatic carbocycles. The van der Waals surface area contributed by atoms with E-state index in [1.807, 2.05) is 7.85 Å². The lowest BCUT2D eigenvalue weighted by Gasteiger charge is -1.99. The van der Waals surface area contributed by atoms with Crippen molar-refractivity contribution in [2.45, 2.75) is 0 Å². The van der Waals surface area contributed by atoms with Crippen molar-refractivity contribution in [2.75, 3.05) is 5.73 Å². The Kier molecular flexibility index (Phi) is 1.53. The average Bonchev–Trinajstić information content (AvgIpc) is 1.82. The van der Waals surface area contributed by atoms with Crippen LogP contribution in [-0.2, 0) is 7.05 Å². The molecule has 52 valence electrons. The Balaban J connectivity index is 3.46. The Morgan fingerprint density at radius 3 is 2.80 bits per heavy atom. The second kappa shape index (κ2) is 2.21. The van der Waals surface area contributed by atoms with Gasteiger partial charge in [0.25, 0.3) is 5.56 Å². The molecule has 0 unspecified atom stereocenters. The molecule has 0 aliphatic rings. The van der Waals surface area contributed by atoms with E-state index in [4.69, 9.17) is 5.73 Å². The smallest absolute Gasteiger partial charge is 0.273 e. The van der Waals surface area contributed by atoms with Crippen LogP contribution in [0.3, 0.4) is 0 Å². The minimum atomic E-state index is -0.134. The second-order valence-corrected chi connectivity index (χ2v) is 2.39. The quantitative estimate of drug-likeness (QED) is 0.429. The molecule has 1 aromatic rings. The molecule has 0 aliphatic heterocycles. The van der Waals surface area contributed by atoms with E-state index < -0.39 is 0 Å². The minimum Gasteiger partial charge on any atom is -0.394 e. The second-order valence-electron chi connectivity index (χ2n) is 2.39. The van der Waals surface area contributed by atoms with Gasteiger partial charge in [0.1, 0.15) is 7.85 Å². The number of anilines is 1. The van der Waals surface area contributed by atoms with Crippen molar-refractivity contribution < 1.29 is 0 Å². The number of hydrogen-bond donors (Lipinski definition) is 1. The summed E-state index contributed by atoms with van der Waals surface area (Å²) in [6.45, 7) is 0. The summed E-state index contributed by atoms with van der Waals surface area (Å²) in [5.74, 6) is 0. The first kappa shape index (κ1) is 6.93. The van der Waals surface area contributed by atoms with Gasteiger partial charge in [0, 0.05) is 13.2 Å². The lowest BCUT2D eigenvalue weighted by Crippen LogP contribution is -2.24. The molecule has 1 heterocycles. The predicted molar refractivity (Wildman–Crippen MR) is 44.3 cm³/mol. The Hall–Kier alpha value is -1.19. The zero-order chi connectivity index (χ0) is 7.72. The molecule has 0 atom stereocenters. The maximum atomic E-state index is 11.0. The van der Waals surface area contributed by atoms with Gasteiger partial charge in [-0.15, -0.1) is 0 Å². The number of aromatic nitrogens is 1. The largest absolute Gasteiger partial charge is 0.394 e. The maximum Gasteiger partial charge on any atom is 0.273 e. The van der Waals surface area contributed by atoms with Crippen LogP contribution >= 0.6 is 0 Å². The first-order chi connectivity index (χ1) is 4.61. The van der Waals surface area contributed by atoms with Gasteiger partial charge >= 0.3 is 0 Å². The van der Waals surface area contributed by atoms with Crippen LogP contribution in [0.5, 0.6) is 0 Å². The lowest BCUT2D eigenvalue weighted by atomic mass is 9.98. The van der Waals surface area contributed by atoms with Crippen molar-refractivity contribution in [3.63, 3.8) is 0 Å². The fourth-order valence-electron chi connectivity index (χ4n) is 0.912. The van der Waals surface area contributed by atoms with Crippen LogP contribution in [0.15, 0.2) is 17.1 Å². The number of pyridine rings is 1. The van der Waals surface area contributed by atoms with Gasteiger partial charge < -0.3 is 10.3 Å². The number of aryl methyl sites for hydroxylation is 1. The lowest BCUT2D eigenvalue weighted by molar-refractivity contribution is 0.869. The summed E-state index contributed by atoms with van der Waals surface area (Å²) in [4.78, 5) is 11.0. The van der Waals surface area contributed by atoms with Gasteiger partial charge in [-0.3, -0.25) is 4.79 Å². The van der Waals surface area contributed by atoms with Gasteiger partial charge in [-0.25, -0.2) is 0 Å². The third-order valence-corrected chi connectivity index (χ3v) is 1.35. The number of nitrogens with zero attached hydrogens (tertiary/aromatic N) is 1. The number of rotatable bonds is 0. The Bertz CT molecular complexity index is 279. The highest BCUT2D eigenvalue weighted by Crippen LogP contribution is 1.84. The molecule has 0 radical (unpaired) electrons. The van der Waals surface area contributed by atoms with Gasteiger partial charge in [-0.2, -0.15) is 0 Å². The molecule has 1 rings (SSSR count). The van der Waals surface area contributed by atoms with E-state index in [2.05, 4.69) is 0 Å². The number of nitrogens with two attached hydrogens (primary N) is 1. The van der Waals surface area contributed by atoms with Crippen molar-refractivity contribution in [2.24, 2.45) is 7.05 Å². The Labute approximate surface area is 59.9 Å². The zero-order valence-electron chi connectivity index (χ0n) is 6.09. The SMILES string of the molecule is Bc1cc(N)c(=O)n(C)c1. The van der Waals surface area contributed by atoms with Crippen LogP contribution < -0.4 is 16.8 Å². The van der Waals surface area contributed by atoms with E-state index in [-0.39, 0.29) is 5.56 Å². The van der Waals surface area contributed by atoms with E-state index in [1.165, 1.54) is 4.57 Å². The third-order valence-electron chi connectivity index (χ3n) is 1.35. The van der Waals surface area contributed by atoms with E-state index in [0.717, 1.165) is 5.46 Å². The predicted octanol–water partition coefficient (Wildman–Crippen LogP) is -1.77. The van der Waals surface area contributed by atoms with Crippen LogP contribution in [0.4, 0.5) is 5.69 Å². The van der Waals surface area contributed by atoms with Gasteiger partial charge in [-0.1, -0.05) is 5.46 Å². The molecule has 0 aromatic carbocycles. The molecule has 0 spiro atoms. The highest BCUT2D eigenvalue weighted by Gasteiger charge is 1.95. The van der Waals surface area contributed by atoms with Gasteiger partial charge in [0.15, 0.2) is 0 Å². The van der Waals surface area contributed by atoms with Crippen LogP contribution in [-0.4, -0.2) is 12.4 Å². The fraction of sp³-hybridized carbons (Fsp3) is 0.167. The molecule has 0 amide bonds. The third kappa shape index (κ3) is 1.05. The molecular formula is C6H9BN2O. The Morgan fingerprint density at radius 2 is 2.30 bits per heavy atom. The monoisotopic (exact) mass is 136 g/mol. The summed E-state index contributed by atoms with van der Waals surface area (Å²) >= 11 is 0. The summed E-state index contributed by atoms with van der Waals surface area (Å²) in [5, 5.41) is 0. The molecule has 0 fully saturated rings.